The molecule has 0 N–H and O–H groups in total. The fraction of sp³-hybridized carbons (Fsp3) is 0.647. The zero-order valence-electron chi connectivity index (χ0n) is 13.5. The first kappa shape index (κ1) is 17.1. The number of aryl methyl sites for hydroxylation is 1. The van der Waals surface area contributed by atoms with Crippen LogP contribution >= 0.6 is 11.6 Å². The number of hydrogen-bond acceptors (Lipinski definition) is 4. The smallest absolute Gasteiger partial charge is 0.308 e. The molecule has 1 saturated carbocycles. The first-order chi connectivity index (χ1) is 10.5. The van der Waals surface area contributed by atoms with Gasteiger partial charge in [-0.2, -0.15) is 0 Å². The van der Waals surface area contributed by atoms with Crippen LogP contribution in [0.4, 0.5) is 0 Å². The number of ether oxygens (including phenoxy) is 2. The quantitative estimate of drug-likeness (QED) is 0.762. The number of halogens is 1. The zero-order chi connectivity index (χ0) is 16.1. The Morgan fingerprint density at radius 1 is 1.41 bits per heavy atom. The maximum absolute atomic E-state index is 11.8. The number of aromatic nitrogens is 1. The molecule has 1 aliphatic rings. The monoisotopic (exact) mass is 325 g/mol. The van der Waals surface area contributed by atoms with Gasteiger partial charge in [0.1, 0.15) is 10.8 Å². The summed E-state index contributed by atoms with van der Waals surface area (Å²) in [5, 5.41) is 0.588. The average Bonchev–Trinajstić information content (AvgIpc) is 2.52. The van der Waals surface area contributed by atoms with Gasteiger partial charge in [-0.15, -0.1) is 0 Å². The third kappa shape index (κ3) is 4.13. The van der Waals surface area contributed by atoms with E-state index in [1.54, 1.807) is 6.20 Å². The Balaban J connectivity index is 1.87. The summed E-state index contributed by atoms with van der Waals surface area (Å²) in [7, 11) is 0. The van der Waals surface area contributed by atoms with Gasteiger partial charge in [0.15, 0.2) is 0 Å². The fourth-order valence-electron chi connectivity index (χ4n) is 2.97. The predicted molar refractivity (Wildman–Crippen MR) is 86.2 cm³/mol. The molecule has 122 valence electrons. The number of carbonyl (C=O) groups is 1. The topological polar surface area (TPSA) is 48.4 Å². The van der Waals surface area contributed by atoms with Crippen LogP contribution in [0.2, 0.25) is 5.02 Å². The summed E-state index contributed by atoms with van der Waals surface area (Å²) in [6.45, 7) is 6.12. The minimum absolute atomic E-state index is 0.0346. The largest absolute Gasteiger partial charge is 0.489 e. The van der Waals surface area contributed by atoms with Gasteiger partial charge < -0.3 is 9.47 Å². The highest BCUT2D eigenvalue weighted by Crippen LogP contribution is 2.34. The molecular weight excluding hydrogens is 302 g/mol. The van der Waals surface area contributed by atoms with Gasteiger partial charge in [0.05, 0.1) is 24.3 Å². The SMILES string of the molecule is CCOC(=O)[C@H](C)[C@H]1CC[C@H](Oc2ccnc(C)c2Cl)CC1. The molecule has 1 atom stereocenters. The van der Waals surface area contributed by atoms with Crippen LogP contribution in [0.1, 0.15) is 45.2 Å². The second-order valence-electron chi connectivity index (χ2n) is 5.90. The summed E-state index contributed by atoms with van der Waals surface area (Å²) in [5.41, 5.74) is 0.781. The summed E-state index contributed by atoms with van der Waals surface area (Å²) in [4.78, 5) is 16.0. The third-order valence-electron chi connectivity index (χ3n) is 4.41. The van der Waals surface area contributed by atoms with Crippen molar-refractivity contribution in [3.8, 4) is 5.75 Å². The van der Waals surface area contributed by atoms with Crippen molar-refractivity contribution in [2.45, 2.75) is 52.6 Å². The Morgan fingerprint density at radius 2 is 2.09 bits per heavy atom. The third-order valence-corrected chi connectivity index (χ3v) is 4.87. The maximum atomic E-state index is 11.8. The highest BCUT2D eigenvalue weighted by Gasteiger charge is 2.30. The highest BCUT2D eigenvalue weighted by molar-refractivity contribution is 6.32. The van der Waals surface area contributed by atoms with Gasteiger partial charge >= 0.3 is 5.97 Å². The summed E-state index contributed by atoms with van der Waals surface area (Å²) in [6.07, 6.45) is 5.70. The van der Waals surface area contributed by atoms with Gasteiger partial charge in [0.2, 0.25) is 0 Å². The number of nitrogens with zero attached hydrogens (tertiary/aromatic N) is 1. The van der Waals surface area contributed by atoms with E-state index in [-0.39, 0.29) is 18.0 Å². The number of hydrogen-bond donors (Lipinski definition) is 0. The van der Waals surface area contributed by atoms with Crippen LogP contribution in [0.3, 0.4) is 0 Å². The predicted octanol–water partition coefficient (Wildman–Crippen LogP) is 4.18. The molecule has 0 aromatic carbocycles. The van der Waals surface area contributed by atoms with Crippen molar-refractivity contribution < 1.29 is 14.3 Å². The van der Waals surface area contributed by atoms with Crippen LogP contribution in [0.25, 0.3) is 0 Å². The van der Waals surface area contributed by atoms with Gasteiger partial charge in [0.25, 0.3) is 0 Å². The van der Waals surface area contributed by atoms with Crippen molar-refractivity contribution in [2.24, 2.45) is 11.8 Å². The van der Waals surface area contributed by atoms with Gasteiger partial charge in [-0.25, -0.2) is 0 Å². The lowest BCUT2D eigenvalue weighted by atomic mass is 9.80. The van der Waals surface area contributed by atoms with Crippen LogP contribution in [0.5, 0.6) is 5.75 Å². The molecule has 1 aliphatic carbocycles. The van der Waals surface area contributed by atoms with Gasteiger partial charge in [0, 0.05) is 12.3 Å². The van der Waals surface area contributed by atoms with Crippen molar-refractivity contribution >= 4 is 17.6 Å². The molecule has 1 aromatic rings. The maximum Gasteiger partial charge on any atom is 0.308 e. The summed E-state index contributed by atoms with van der Waals surface area (Å²) < 4.78 is 11.1. The van der Waals surface area contributed by atoms with E-state index in [1.807, 2.05) is 26.8 Å². The van der Waals surface area contributed by atoms with Crippen LogP contribution < -0.4 is 4.74 Å². The van der Waals surface area contributed by atoms with Crippen LogP contribution in [-0.2, 0) is 9.53 Å². The molecule has 1 heterocycles. The number of esters is 1. The zero-order valence-corrected chi connectivity index (χ0v) is 14.2. The second kappa shape index (κ2) is 7.82. The van der Waals surface area contributed by atoms with E-state index in [1.165, 1.54) is 0 Å². The molecule has 2 rings (SSSR count). The van der Waals surface area contributed by atoms with Crippen molar-refractivity contribution in [3.63, 3.8) is 0 Å². The minimum atomic E-state index is -0.0836. The molecule has 0 spiro atoms. The van der Waals surface area contributed by atoms with Crippen molar-refractivity contribution in [3.05, 3.63) is 23.0 Å². The van der Waals surface area contributed by atoms with Crippen molar-refractivity contribution in [2.75, 3.05) is 6.61 Å². The molecule has 22 heavy (non-hydrogen) atoms. The lowest BCUT2D eigenvalue weighted by Crippen LogP contribution is -2.31. The van der Waals surface area contributed by atoms with E-state index in [0.29, 0.717) is 23.3 Å². The molecule has 1 aromatic heterocycles. The van der Waals surface area contributed by atoms with E-state index in [9.17, 15) is 4.79 Å². The van der Waals surface area contributed by atoms with E-state index in [2.05, 4.69) is 4.98 Å². The van der Waals surface area contributed by atoms with Crippen LogP contribution in [-0.4, -0.2) is 23.7 Å². The van der Waals surface area contributed by atoms with Crippen molar-refractivity contribution in [1.82, 2.24) is 4.98 Å². The average molecular weight is 326 g/mol. The molecular formula is C17H24ClNO3. The minimum Gasteiger partial charge on any atom is -0.489 e. The van der Waals surface area contributed by atoms with E-state index < -0.39 is 0 Å². The molecule has 0 bridgehead atoms. The highest BCUT2D eigenvalue weighted by atomic mass is 35.5. The molecule has 5 heteroatoms. The van der Waals surface area contributed by atoms with Gasteiger partial charge in [-0.1, -0.05) is 18.5 Å². The Kier molecular flexibility index (Phi) is 6.07. The molecule has 4 nitrogen and oxygen atoms in total. The molecule has 0 aliphatic heterocycles. The number of pyridine rings is 1. The fourth-order valence-corrected chi connectivity index (χ4v) is 3.12. The first-order valence-corrected chi connectivity index (χ1v) is 8.35. The molecule has 0 radical (unpaired) electrons. The van der Waals surface area contributed by atoms with Gasteiger partial charge in [-0.05, 0) is 45.4 Å². The number of rotatable bonds is 5. The number of carbonyl (C=O) groups excluding carboxylic acids is 1. The molecule has 0 unspecified atom stereocenters. The summed E-state index contributed by atoms with van der Waals surface area (Å²) in [5.74, 6) is 0.969. The van der Waals surface area contributed by atoms with Crippen LogP contribution in [0, 0.1) is 18.8 Å². The van der Waals surface area contributed by atoms with Gasteiger partial charge in [-0.3, -0.25) is 9.78 Å². The van der Waals surface area contributed by atoms with Crippen LogP contribution in [0.15, 0.2) is 12.3 Å². The summed E-state index contributed by atoms with van der Waals surface area (Å²) in [6, 6.07) is 1.81. The molecule has 0 saturated heterocycles. The standard InChI is InChI=1S/C17H24ClNO3/c1-4-21-17(20)11(2)13-5-7-14(8-6-13)22-15-9-10-19-12(3)16(15)18/h9-11,13-14H,4-8H2,1-3H3/t11-,13-,14-/m1/s1. The Hall–Kier alpha value is -1.29. The normalized spacial score (nSPS) is 22.9. The lowest BCUT2D eigenvalue weighted by Gasteiger charge is -2.31. The lowest BCUT2D eigenvalue weighted by molar-refractivity contribution is -0.150. The van der Waals surface area contributed by atoms with Crippen molar-refractivity contribution in [1.29, 1.82) is 0 Å². The van der Waals surface area contributed by atoms with E-state index in [4.69, 9.17) is 21.1 Å². The first-order valence-electron chi connectivity index (χ1n) is 7.97. The van der Waals surface area contributed by atoms with E-state index in [0.717, 1.165) is 31.4 Å². The van der Waals surface area contributed by atoms with E-state index >= 15 is 0 Å². The summed E-state index contributed by atoms with van der Waals surface area (Å²) >= 11 is 6.22. The Bertz CT molecular complexity index is 513. The Morgan fingerprint density at radius 3 is 2.73 bits per heavy atom. The molecule has 1 fully saturated rings. The Labute approximate surface area is 137 Å². The second-order valence-corrected chi connectivity index (χ2v) is 6.28. The molecule has 0 amide bonds.